The van der Waals surface area contributed by atoms with Crippen LogP contribution in [0.3, 0.4) is 0 Å². The van der Waals surface area contributed by atoms with Gasteiger partial charge in [-0.2, -0.15) is 0 Å². The van der Waals surface area contributed by atoms with E-state index in [0.29, 0.717) is 24.6 Å². The van der Waals surface area contributed by atoms with Crippen molar-refractivity contribution >= 4 is 11.8 Å². The van der Waals surface area contributed by atoms with E-state index in [-0.39, 0.29) is 12.2 Å². The molecular formula is C13H16N2O4. The number of ether oxygens (including phenoxy) is 1. The Balaban J connectivity index is 2.16. The van der Waals surface area contributed by atoms with Crippen LogP contribution in [0.4, 0.5) is 10.5 Å². The van der Waals surface area contributed by atoms with Crippen molar-refractivity contribution in [2.45, 2.75) is 19.9 Å². The van der Waals surface area contributed by atoms with Crippen molar-refractivity contribution in [2.24, 2.45) is 5.92 Å². The molecule has 1 amide bonds. The van der Waals surface area contributed by atoms with Crippen molar-refractivity contribution in [3.05, 3.63) is 39.9 Å². The van der Waals surface area contributed by atoms with Gasteiger partial charge in [0, 0.05) is 18.2 Å². The summed E-state index contributed by atoms with van der Waals surface area (Å²) in [5.41, 5.74) is 0.562. The molecule has 0 aromatic heterocycles. The fraction of sp³-hybridized carbons (Fsp3) is 0.462. The highest BCUT2D eigenvalue weighted by Crippen LogP contribution is 2.21. The van der Waals surface area contributed by atoms with Crippen molar-refractivity contribution in [3.63, 3.8) is 0 Å². The summed E-state index contributed by atoms with van der Waals surface area (Å²) in [6.45, 7) is 3.20. The topological polar surface area (TPSA) is 72.7 Å². The van der Waals surface area contributed by atoms with Gasteiger partial charge in [-0.15, -0.1) is 0 Å². The second kappa shape index (κ2) is 5.69. The standard InChI is InChI=1S/C13H16N2O4/c1-10-6-7-14(13(16)19-9-10)8-11-4-2-3-5-12(11)15(17)18/h2-5,10H,6-9H2,1H3. The van der Waals surface area contributed by atoms with Crippen LogP contribution in [0, 0.1) is 16.0 Å². The second-order valence-electron chi connectivity index (χ2n) is 4.78. The number of rotatable bonds is 3. The Labute approximate surface area is 111 Å². The van der Waals surface area contributed by atoms with Crippen molar-refractivity contribution in [1.82, 2.24) is 4.90 Å². The zero-order valence-electron chi connectivity index (χ0n) is 10.7. The number of nitro groups is 1. The Morgan fingerprint density at radius 1 is 1.47 bits per heavy atom. The number of carbonyl (C=O) groups excluding carboxylic acids is 1. The van der Waals surface area contributed by atoms with Gasteiger partial charge in [-0.3, -0.25) is 10.1 Å². The van der Waals surface area contributed by atoms with Crippen molar-refractivity contribution in [1.29, 1.82) is 0 Å². The van der Waals surface area contributed by atoms with Gasteiger partial charge in [0.05, 0.1) is 18.1 Å². The molecule has 1 aliphatic heterocycles. The molecule has 6 heteroatoms. The number of benzene rings is 1. The van der Waals surface area contributed by atoms with Gasteiger partial charge in [-0.25, -0.2) is 4.79 Å². The zero-order valence-corrected chi connectivity index (χ0v) is 10.7. The molecule has 1 saturated heterocycles. The average molecular weight is 264 g/mol. The van der Waals surface area contributed by atoms with Crippen LogP contribution in [0.2, 0.25) is 0 Å². The maximum Gasteiger partial charge on any atom is 0.410 e. The number of hydrogen-bond donors (Lipinski definition) is 0. The number of carbonyl (C=O) groups is 1. The van der Waals surface area contributed by atoms with E-state index in [1.54, 1.807) is 18.2 Å². The molecule has 0 aliphatic carbocycles. The lowest BCUT2D eigenvalue weighted by Crippen LogP contribution is -2.30. The number of para-hydroxylation sites is 1. The molecule has 0 N–H and O–H groups in total. The van der Waals surface area contributed by atoms with Gasteiger partial charge in [0.25, 0.3) is 5.69 Å². The minimum atomic E-state index is -0.429. The first kappa shape index (κ1) is 13.3. The van der Waals surface area contributed by atoms with Gasteiger partial charge in [0.2, 0.25) is 0 Å². The molecule has 0 bridgehead atoms. The van der Waals surface area contributed by atoms with E-state index in [1.165, 1.54) is 11.0 Å². The lowest BCUT2D eigenvalue weighted by Gasteiger charge is -2.18. The number of nitrogens with zero attached hydrogens (tertiary/aromatic N) is 2. The van der Waals surface area contributed by atoms with Crippen LogP contribution in [0.5, 0.6) is 0 Å². The third-order valence-corrected chi connectivity index (χ3v) is 3.19. The molecule has 1 atom stereocenters. The first-order valence-corrected chi connectivity index (χ1v) is 6.22. The van der Waals surface area contributed by atoms with Gasteiger partial charge in [0.15, 0.2) is 0 Å². The molecule has 1 heterocycles. The van der Waals surface area contributed by atoms with E-state index in [4.69, 9.17) is 4.74 Å². The Hall–Kier alpha value is -2.11. The van der Waals surface area contributed by atoms with Gasteiger partial charge in [-0.1, -0.05) is 25.1 Å². The smallest absolute Gasteiger partial charge is 0.410 e. The van der Waals surface area contributed by atoms with Gasteiger partial charge in [-0.05, 0) is 12.3 Å². The molecule has 19 heavy (non-hydrogen) atoms. The number of nitro benzene ring substituents is 1. The molecule has 102 valence electrons. The van der Waals surface area contributed by atoms with E-state index in [1.807, 2.05) is 6.92 Å². The maximum absolute atomic E-state index is 11.8. The van der Waals surface area contributed by atoms with Gasteiger partial charge in [0.1, 0.15) is 0 Å². The van der Waals surface area contributed by atoms with Crippen LogP contribution in [0.15, 0.2) is 24.3 Å². The lowest BCUT2D eigenvalue weighted by molar-refractivity contribution is -0.385. The summed E-state index contributed by atoms with van der Waals surface area (Å²) in [6, 6.07) is 6.46. The fourth-order valence-electron chi connectivity index (χ4n) is 2.03. The predicted molar refractivity (Wildman–Crippen MR) is 68.6 cm³/mol. The molecule has 1 aromatic carbocycles. The Kier molecular flexibility index (Phi) is 3.99. The van der Waals surface area contributed by atoms with E-state index in [9.17, 15) is 14.9 Å². The fourth-order valence-corrected chi connectivity index (χ4v) is 2.03. The van der Waals surface area contributed by atoms with E-state index in [0.717, 1.165) is 6.42 Å². The summed E-state index contributed by atoms with van der Waals surface area (Å²) in [7, 11) is 0. The molecule has 1 unspecified atom stereocenters. The largest absolute Gasteiger partial charge is 0.449 e. The van der Waals surface area contributed by atoms with Gasteiger partial charge >= 0.3 is 6.09 Å². The lowest BCUT2D eigenvalue weighted by atomic mass is 10.1. The molecule has 1 aliphatic rings. The summed E-state index contributed by atoms with van der Waals surface area (Å²) in [5.74, 6) is 0.319. The third-order valence-electron chi connectivity index (χ3n) is 3.19. The Morgan fingerprint density at radius 2 is 2.21 bits per heavy atom. The Morgan fingerprint density at radius 3 is 2.95 bits per heavy atom. The molecule has 6 nitrogen and oxygen atoms in total. The molecule has 1 fully saturated rings. The number of hydrogen-bond acceptors (Lipinski definition) is 4. The minimum Gasteiger partial charge on any atom is -0.449 e. The second-order valence-corrected chi connectivity index (χ2v) is 4.78. The summed E-state index contributed by atoms with van der Waals surface area (Å²) in [6.07, 6.45) is 0.439. The van der Waals surface area contributed by atoms with Crippen LogP contribution in [0.1, 0.15) is 18.9 Å². The number of cyclic esters (lactones) is 1. The van der Waals surface area contributed by atoms with Crippen LogP contribution >= 0.6 is 0 Å². The highest BCUT2D eigenvalue weighted by Gasteiger charge is 2.24. The average Bonchev–Trinajstić information content (AvgIpc) is 2.54. The van der Waals surface area contributed by atoms with Crippen LogP contribution < -0.4 is 0 Å². The molecule has 2 rings (SSSR count). The maximum atomic E-state index is 11.8. The van der Waals surface area contributed by atoms with Gasteiger partial charge < -0.3 is 9.64 Å². The highest BCUT2D eigenvalue weighted by atomic mass is 16.6. The monoisotopic (exact) mass is 264 g/mol. The summed E-state index contributed by atoms with van der Waals surface area (Å²) >= 11 is 0. The number of amides is 1. The quantitative estimate of drug-likeness (QED) is 0.621. The zero-order chi connectivity index (χ0) is 13.8. The SMILES string of the molecule is CC1CCN(Cc2ccccc2[N+](=O)[O-])C(=O)OC1. The van der Waals surface area contributed by atoms with Crippen molar-refractivity contribution in [3.8, 4) is 0 Å². The predicted octanol–water partition coefficient (Wildman–Crippen LogP) is 2.57. The Bertz CT molecular complexity index is 489. The van der Waals surface area contributed by atoms with Crippen molar-refractivity contribution < 1.29 is 14.5 Å². The third kappa shape index (κ3) is 3.21. The normalized spacial score (nSPS) is 19.7. The van der Waals surface area contributed by atoms with Crippen molar-refractivity contribution in [2.75, 3.05) is 13.2 Å². The van der Waals surface area contributed by atoms with Crippen LogP contribution in [-0.2, 0) is 11.3 Å². The molecular weight excluding hydrogens is 248 g/mol. The summed E-state index contributed by atoms with van der Waals surface area (Å²) < 4.78 is 5.12. The molecule has 0 saturated carbocycles. The molecule has 1 aromatic rings. The summed E-state index contributed by atoms with van der Waals surface area (Å²) in [5, 5.41) is 10.9. The first-order chi connectivity index (χ1) is 9.08. The molecule has 0 spiro atoms. The van der Waals surface area contributed by atoms with E-state index in [2.05, 4.69) is 0 Å². The van der Waals surface area contributed by atoms with E-state index >= 15 is 0 Å². The highest BCUT2D eigenvalue weighted by molar-refractivity contribution is 5.68. The summed E-state index contributed by atoms with van der Waals surface area (Å²) in [4.78, 5) is 23.8. The van der Waals surface area contributed by atoms with Crippen LogP contribution in [0.25, 0.3) is 0 Å². The van der Waals surface area contributed by atoms with Crippen LogP contribution in [-0.4, -0.2) is 29.1 Å². The molecule has 0 radical (unpaired) electrons. The van der Waals surface area contributed by atoms with E-state index < -0.39 is 11.0 Å². The minimum absolute atomic E-state index is 0.0348. The first-order valence-electron chi connectivity index (χ1n) is 6.22.